The van der Waals surface area contributed by atoms with Gasteiger partial charge in [0, 0.05) is 30.7 Å². The molecule has 0 saturated carbocycles. The number of nitrogens with two attached hydrogens (primary N) is 1. The minimum Gasteiger partial charge on any atom is -0.369 e. The van der Waals surface area contributed by atoms with Gasteiger partial charge in [0.05, 0.1) is 16.8 Å². The van der Waals surface area contributed by atoms with Crippen LogP contribution in [0.15, 0.2) is 30.7 Å². The Morgan fingerprint density at radius 1 is 1.47 bits per heavy atom. The van der Waals surface area contributed by atoms with Crippen molar-refractivity contribution in [1.82, 2.24) is 15.3 Å². The van der Waals surface area contributed by atoms with Gasteiger partial charge in [0.1, 0.15) is 5.01 Å². The highest BCUT2D eigenvalue weighted by atomic mass is 32.1. The van der Waals surface area contributed by atoms with E-state index in [9.17, 15) is 4.79 Å². The molecule has 2 aromatic rings. The number of pyridine rings is 1. The number of rotatable bonds is 3. The number of carbonyl (C=O) groups excluding carboxylic acids is 1. The second-order valence-corrected chi connectivity index (χ2v) is 5.66. The minimum atomic E-state index is -0.237. The molecule has 19 heavy (non-hydrogen) atoms. The lowest BCUT2D eigenvalue weighted by atomic mass is 10.1. The van der Waals surface area contributed by atoms with Crippen LogP contribution in [0, 0.1) is 5.92 Å². The number of primary amides is 1. The molecule has 1 fully saturated rings. The summed E-state index contributed by atoms with van der Waals surface area (Å²) in [6.07, 6.45) is 6.17. The number of nitrogens with one attached hydrogen (secondary N) is 1. The van der Waals surface area contributed by atoms with Crippen LogP contribution in [-0.2, 0) is 4.79 Å². The monoisotopic (exact) mass is 274 g/mol. The number of aromatic nitrogens is 2. The summed E-state index contributed by atoms with van der Waals surface area (Å²) in [5, 5.41) is 4.30. The van der Waals surface area contributed by atoms with Crippen molar-refractivity contribution in [1.29, 1.82) is 0 Å². The standard InChI is InChI=1S/C13H14N4OS/c14-12(18)9-4-10(16-6-9)13-17-7-11(19-13)8-2-1-3-15-5-8/h1-3,5,7,9-10,16H,4,6H2,(H2,14,18). The SMILES string of the molecule is NC(=O)C1CNC(c2ncc(-c3cccnc3)s2)C1. The van der Waals surface area contributed by atoms with Crippen LogP contribution in [0.25, 0.3) is 10.4 Å². The average molecular weight is 274 g/mol. The fraction of sp³-hybridized carbons (Fsp3) is 0.308. The lowest BCUT2D eigenvalue weighted by molar-refractivity contribution is -0.121. The van der Waals surface area contributed by atoms with Gasteiger partial charge in [0.25, 0.3) is 0 Å². The molecule has 5 nitrogen and oxygen atoms in total. The van der Waals surface area contributed by atoms with E-state index < -0.39 is 0 Å². The quantitative estimate of drug-likeness (QED) is 0.885. The summed E-state index contributed by atoms with van der Waals surface area (Å²) in [5.41, 5.74) is 6.40. The molecular formula is C13H14N4OS. The minimum absolute atomic E-state index is 0.0873. The van der Waals surface area contributed by atoms with Crippen molar-refractivity contribution in [3.8, 4) is 10.4 Å². The molecule has 1 aliphatic rings. The summed E-state index contributed by atoms with van der Waals surface area (Å²) in [7, 11) is 0. The van der Waals surface area contributed by atoms with Crippen molar-refractivity contribution >= 4 is 17.2 Å². The van der Waals surface area contributed by atoms with Crippen LogP contribution in [-0.4, -0.2) is 22.4 Å². The lowest BCUT2D eigenvalue weighted by Crippen LogP contribution is -2.24. The summed E-state index contributed by atoms with van der Waals surface area (Å²) in [4.78, 5) is 20.8. The molecule has 2 atom stereocenters. The first-order chi connectivity index (χ1) is 9.24. The van der Waals surface area contributed by atoms with Gasteiger partial charge < -0.3 is 11.1 Å². The number of hydrogen-bond donors (Lipinski definition) is 2. The van der Waals surface area contributed by atoms with E-state index in [1.165, 1.54) is 0 Å². The topological polar surface area (TPSA) is 80.9 Å². The molecule has 1 amide bonds. The Kier molecular flexibility index (Phi) is 3.27. The Bertz CT molecular complexity index is 583. The van der Waals surface area contributed by atoms with Gasteiger partial charge in [0.15, 0.2) is 0 Å². The number of amides is 1. The first kappa shape index (κ1) is 12.3. The maximum atomic E-state index is 11.2. The van der Waals surface area contributed by atoms with Crippen molar-refractivity contribution < 1.29 is 4.79 Å². The predicted octanol–water partition coefficient (Wildman–Crippen LogP) is 1.34. The third-order valence-electron chi connectivity index (χ3n) is 3.30. The van der Waals surface area contributed by atoms with Crippen molar-refractivity contribution in [2.24, 2.45) is 11.7 Å². The number of thiazole rings is 1. The van der Waals surface area contributed by atoms with Gasteiger partial charge >= 0.3 is 0 Å². The Morgan fingerprint density at radius 3 is 3.05 bits per heavy atom. The molecule has 3 heterocycles. The van der Waals surface area contributed by atoms with Crippen LogP contribution in [0.3, 0.4) is 0 Å². The van der Waals surface area contributed by atoms with E-state index in [0.717, 1.165) is 21.9 Å². The molecule has 0 spiro atoms. The van der Waals surface area contributed by atoms with Crippen molar-refractivity contribution in [2.45, 2.75) is 12.5 Å². The maximum Gasteiger partial charge on any atom is 0.221 e. The van der Waals surface area contributed by atoms with Crippen LogP contribution >= 0.6 is 11.3 Å². The van der Waals surface area contributed by atoms with E-state index in [2.05, 4.69) is 15.3 Å². The summed E-state index contributed by atoms with van der Waals surface area (Å²) in [6, 6.07) is 4.05. The second-order valence-electron chi connectivity index (χ2n) is 4.60. The third kappa shape index (κ3) is 2.50. The fourth-order valence-corrected chi connectivity index (χ4v) is 3.23. The smallest absolute Gasteiger partial charge is 0.221 e. The molecular weight excluding hydrogens is 260 g/mol. The number of carbonyl (C=O) groups is 1. The molecule has 0 radical (unpaired) electrons. The maximum absolute atomic E-state index is 11.2. The highest BCUT2D eigenvalue weighted by molar-refractivity contribution is 7.15. The Balaban J connectivity index is 1.78. The third-order valence-corrected chi connectivity index (χ3v) is 4.46. The first-order valence-electron chi connectivity index (χ1n) is 6.13. The van der Waals surface area contributed by atoms with Crippen LogP contribution in [0.1, 0.15) is 17.5 Å². The van der Waals surface area contributed by atoms with Gasteiger partial charge in [0.2, 0.25) is 5.91 Å². The molecule has 1 aliphatic heterocycles. The summed E-state index contributed by atoms with van der Waals surface area (Å²) < 4.78 is 0. The zero-order valence-electron chi connectivity index (χ0n) is 10.2. The highest BCUT2D eigenvalue weighted by Gasteiger charge is 2.30. The van der Waals surface area contributed by atoms with Crippen LogP contribution in [0.4, 0.5) is 0 Å². The van der Waals surface area contributed by atoms with E-state index in [1.54, 1.807) is 17.5 Å². The molecule has 3 N–H and O–H groups in total. The summed E-state index contributed by atoms with van der Waals surface area (Å²) in [5.74, 6) is -0.324. The normalized spacial score (nSPS) is 22.5. The average Bonchev–Trinajstić information content (AvgIpc) is 3.09. The van der Waals surface area contributed by atoms with Crippen LogP contribution in [0.2, 0.25) is 0 Å². The van der Waals surface area contributed by atoms with Gasteiger partial charge in [-0.05, 0) is 12.5 Å². The predicted molar refractivity (Wildman–Crippen MR) is 73.4 cm³/mol. The van der Waals surface area contributed by atoms with Crippen LogP contribution in [0.5, 0.6) is 0 Å². The van der Waals surface area contributed by atoms with Crippen molar-refractivity contribution in [3.63, 3.8) is 0 Å². The molecule has 0 bridgehead atoms. The Morgan fingerprint density at radius 2 is 2.37 bits per heavy atom. The molecule has 0 aromatic carbocycles. The van der Waals surface area contributed by atoms with Gasteiger partial charge in [-0.3, -0.25) is 9.78 Å². The van der Waals surface area contributed by atoms with Gasteiger partial charge in [-0.1, -0.05) is 6.07 Å². The fourth-order valence-electron chi connectivity index (χ4n) is 2.23. The Hall–Kier alpha value is -1.79. The zero-order valence-corrected chi connectivity index (χ0v) is 11.1. The van der Waals surface area contributed by atoms with E-state index in [-0.39, 0.29) is 17.9 Å². The molecule has 6 heteroatoms. The molecule has 0 aliphatic carbocycles. The Labute approximate surface area is 114 Å². The molecule has 3 rings (SSSR count). The van der Waals surface area contributed by atoms with E-state index in [4.69, 9.17) is 5.73 Å². The largest absolute Gasteiger partial charge is 0.369 e. The lowest BCUT2D eigenvalue weighted by Gasteiger charge is -2.05. The van der Waals surface area contributed by atoms with Gasteiger partial charge in [-0.25, -0.2) is 4.98 Å². The van der Waals surface area contributed by atoms with Crippen molar-refractivity contribution in [3.05, 3.63) is 35.7 Å². The molecule has 2 aromatic heterocycles. The van der Waals surface area contributed by atoms with Crippen molar-refractivity contribution in [2.75, 3.05) is 6.54 Å². The van der Waals surface area contributed by atoms with Crippen LogP contribution < -0.4 is 11.1 Å². The molecule has 2 unspecified atom stereocenters. The molecule has 1 saturated heterocycles. The summed E-state index contributed by atoms with van der Waals surface area (Å²) in [6.45, 7) is 0.641. The number of hydrogen-bond acceptors (Lipinski definition) is 5. The van der Waals surface area contributed by atoms with Gasteiger partial charge in [-0.15, -0.1) is 11.3 Å². The highest BCUT2D eigenvalue weighted by Crippen LogP contribution is 2.33. The van der Waals surface area contributed by atoms with E-state index >= 15 is 0 Å². The number of nitrogens with zero attached hydrogens (tertiary/aromatic N) is 2. The summed E-state index contributed by atoms with van der Waals surface area (Å²) >= 11 is 1.63. The molecule has 98 valence electrons. The zero-order chi connectivity index (χ0) is 13.2. The van der Waals surface area contributed by atoms with E-state index in [1.807, 2.05) is 24.5 Å². The van der Waals surface area contributed by atoms with E-state index in [0.29, 0.717) is 6.54 Å². The second kappa shape index (κ2) is 5.07. The first-order valence-corrected chi connectivity index (χ1v) is 6.94. The van der Waals surface area contributed by atoms with Gasteiger partial charge in [-0.2, -0.15) is 0 Å².